The smallest absolute Gasteiger partial charge is 0.171 e. The predicted molar refractivity (Wildman–Crippen MR) is 87.7 cm³/mol. The van der Waals surface area contributed by atoms with Crippen LogP contribution in [0.3, 0.4) is 0 Å². The standard InChI is InChI=1S/C16H17BrN4/c1-4-11-12(9-18)16(21-20-14(11)5-2)19-15-8-10(3)6-7-13(15)17/h6-8H,4-5H2,1-3H3,(H,19,21). The largest absolute Gasteiger partial charge is 0.337 e. The van der Waals surface area contributed by atoms with E-state index in [1.54, 1.807) is 0 Å². The maximum absolute atomic E-state index is 9.48. The molecule has 0 amide bonds. The van der Waals surface area contributed by atoms with E-state index in [9.17, 15) is 5.26 Å². The number of aromatic nitrogens is 2. The molecular weight excluding hydrogens is 328 g/mol. The minimum atomic E-state index is 0.512. The van der Waals surface area contributed by atoms with Crippen LogP contribution in [-0.2, 0) is 12.8 Å². The van der Waals surface area contributed by atoms with E-state index in [2.05, 4.69) is 37.5 Å². The summed E-state index contributed by atoms with van der Waals surface area (Å²) < 4.78 is 0.927. The van der Waals surface area contributed by atoms with Gasteiger partial charge in [-0.25, -0.2) is 0 Å². The Hall–Kier alpha value is -1.93. The summed E-state index contributed by atoms with van der Waals surface area (Å²) in [6.07, 6.45) is 1.55. The van der Waals surface area contributed by atoms with Crippen LogP contribution in [0.1, 0.15) is 36.2 Å². The van der Waals surface area contributed by atoms with Gasteiger partial charge in [0.05, 0.1) is 11.4 Å². The van der Waals surface area contributed by atoms with Gasteiger partial charge in [-0.3, -0.25) is 0 Å². The number of nitrogens with one attached hydrogen (secondary N) is 1. The first-order chi connectivity index (χ1) is 10.1. The first-order valence-corrected chi connectivity index (χ1v) is 7.71. The molecule has 1 N–H and O–H groups in total. The maximum atomic E-state index is 9.48. The number of aryl methyl sites for hydroxylation is 2. The van der Waals surface area contributed by atoms with Crippen molar-refractivity contribution in [2.45, 2.75) is 33.6 Å². The monoisotopic (exact) mass is 344 g/mol. The molecule has 0 atom stereocenters. The van der Waals surface area contributed by atoms with Gasteiger partial charge < -0.3 is 5.32 Å². The van der Waals surface area contributed by atoms with Crippen molar-refractivity contribution in [3.05, 3.63) is 45.1 Å². The Bertz CT molecular complexity index is 704. The fourth-order valence-corrected chi connectivity index (χ4v) is 2.59. The predicted octanol–water partition coefficient (Wildman–Crippen LogP) is 4.29. The zero-order valence-electron chi connectivity index (χ0n) is 12.4. The van der Waals surface area contributed by atoms with Gasteiger partial charge in [-0.15, -0.1) is 5.10 Å². The third-order valence-corrected chi connectivity index (χ3v) is 4.02. The van der Waals surface area contributed by atoms with E-state index in [1.807, 2.05) is 39.0 Å². The van der Waals surface area contributed by atoms with Crippen LogP contribution < -0.4 is 5.32 Å². The second kappa shape index (κ2) is 6.68. The maximum Gasteiger partial charge on any atom is 0.171 e. The average Bonchev–Trinajstić information content (AvgIpc) is 2.50. The van der Waals surface area contributed by atoms with Gasteiger partial charge in [-0.2, -0.15) is 10.4 Å². The van der Waals surface area contributed by atoms with Gasteiger partial charge in [-0.1, -0.05) is 19.9 Å². The molecule has 21 heavy (non-hydrogen) atoms. The normalized spacial score (nSPS) is 10.2. The molecule has 0 aliphatic rings. The average molecular weight is 345 g/mol. The Kier molecular flexibility index (Phi) is 4.92. The van der Waals surface area contributed by atoms with Crippen molar-refractivity contribution in [3.63, 3.8) is 0 Å². The SMILES string of the molecule is CCc1nnc(Nc2cc(C)ccc2Br)c(C#N)c1CC. The second-order valence-electron chi connectivity index (χ2n) is 4.78. The molecule has 2 rings (SSSR count). The van der Waals surface area contributed by atoms with Gasteiger partial charge in [0, 0.05) is 4.47 Å². The van der Waals surface area contributed by atoms with Crippen LogP contribution in [0.15, 0.2) is 22.7 Å². The zero-order valence-corrected chi connectivity index (χ0v) is 14.0. The molecule has 0 fully saturated rings. The number of hydrogen-bond donors (Lipinski definition) is 1. The lowest BCUT2D eigenvalue weighted by Crippen LogP contribution is -2.07. The highest BCUT2D eigenvalue weighted by Gasteiger charge is 2.15. The first kappa shape index (κ1) is 15.5. The molecule has 0 spiro atoms. The highest BCUT2D eigenvalue weighted by Crippen LogP contribution is 2.28. The molecule has 4 nitrogen and oxygen atoms in total. The van der Waals surface area contributed by atoms with Gasteiger partial charge in [0.25, 0.3) is 0 Å². The Morgan fingerprint density at radius 3 is 2.62 bits per heavy atom. The van der Waals surface area contributed by atoms with Crippen LogP contribution in [0.25, 0.3) is 0 Å². The summed E-state index contributed by atoms with van der Waals surface area (Å²) in [4.78, 5) is 0. The van der Waals surface area contributed by atoms with Crippen LogP contribution in [-0.4, -0.2) is 10.2 Å². The lowest BCUT2D eigenvalue weighted by Gasteiger charge is -2.13. The summed E-state index contributed by atoms with van der Waals surface area (Å²) in [6.45, 7) is 6.07. The fourth-order valence-electron chi connectivity index (χ4n) is 2.24. The number of anilines is 2. The number of hydrogen-bond acceptors (Lipinski definition) is 4. The Morgan fingerprint density at radius 2 is 2.00 bits per heavy atom. The van der Waals surface area contributed by atoms with Gasteiger partial charge in [0.1, 0.15) is 11.6 Å². The molecule has 0 radical (unpaired) electrons. The molecule has 2 aromatic rings. The number of halogens is 1. The van der Waals surface area contributed by atoms with Gasteiger partial charge in [-0.05, 0) is 59.0 Å². The molecule has 108 valence electrons. The number of benzene rings is 1. The topological polar surface area (TPSA) is 61.6 Å². The van der Waals surface area contributed by atoms with Gasteiger partial charge >= 0.3 is 0 Å². The van der Waals surface area contributed by atoms with Gasteiger partial charge in [0.15, 0.2) is 5.82 Å². The van der Waals surface area contributed by atoms with Crippen LogP contribution in [0.4, 0.5) is 11.5 Å². The zero-order chi connectivity index (χ0) is 15.4. The van der Waals surface area contributed by atoms with Crippen molar-refractivity contribution in [2.24, 2.45) is 0 Å². The molecule has 0 saturated heterocycles. The summed E-state index contributed by atoms with van der Waals surface area (Å²) in [5, 5.41) is 21.1. The van der Waals surface area contributed by atoms with Crippen molar-refractivity contribution in [3.8, 4) is 6.07 Å². The van der Waals surface area contributed by atoms with Crippen molar-refractivity contribution >= 4 is 27.4 Å². The fraction of sp³-hybridized carbons (Fsp3) is 0.312. The van der Waals surface area contributed by atoms with E-state index in [4.69, 9.17) is 0 Å². The van der Waals surface area contributed by atoms with E-state index >= 15 is 0 Å². The van der Waals surface area contributed by atoms with E-state index < -0.39 is 0 Å². The van der Waals surface area contributed by atoms with Gasteiger partial charge in [0.2, 0.25) is 0 Å². The van der Waals surface area contributed by atoms with Crippen LogP contribution >= 0.6 is 15.9 Å². The van der Waals surface area contributed by atoms with Crippen LogP contribution in [0, 0.1) is 18.3 Å². The summed E-state index contributed by atoms with van der Waals surface area (Å²) in [6, 6.07) is 8.26. The summed E-state index contributed by atoms with van der Waals surface area (Å²) >= 11 is 3.50. The Balaban J connectivity index is 2.50. The first-order valence-electron chi connectivity index (χ1n) is 6.92. The van der Waals surface area contributed by atoms with E-state index in [0.29, 0.717) is 11.4 Å². The lowest BCUT2D eigenvalue weighted by atomic mass is 10.0. The number of rotatable bonds is 4. The molecule has 0 aliphatic heterocycles. The molecule has 5 heteroatoms. The number of nitrogens with zero attached hydrogens (tertiary/aromatic N) is 3. The molecule has 0 unspecified atom stereocenters. The molecule has 1 aromatic heterocycles. The minimum absolute atomic E-state index is 0.512. The van der Waals surface area contributed by atoms with Crippen molar-refractivity contribution in [1.29, 1.82) is 5.26 Å². The van der Waals surface area contributed by atoms with Crippen LogP contribution in [0.5, 0.6) is 0 Å². The third-order valence-electron chi connectivity index (χ3n) is 3.33. The molecule has 1 heterocycles. The minimum Gasteiger partial charge on any atom is -0.337 e. The quantitative estimate of drug-likeness (QED) is 0.898. The third kappa shape index (κ3) is 3.22. The summed E-state index contributed by atoms with van der Waals surface area (Å²) in [5.41, 5.74) is 4.46. The second-order valence-corrected chi connectivity index (χ2v) is 5.63. The van der Waals surface area contributed by atoms with E-state index in [1.165, 1.54) is 0 Å². The molecule has 0 bridgehead atoms. The molecular formula is C16H17BrN4. The lowest BCUT2D eigenvalue weighted by molar-refractivity contribution is 0.877. The number of nitriles is 1. The molecule has 0 saturated carbocycles. The van der Waals surface area contributed by atoms with Crippen molar-refractivity contribution < 1.29 is 0 Å². The molecule has 1 aromatic carbocycles. The van der Waals surface area contributed by atoms with Crippen LogP contribution in [0.2, 0.25) is 0 Å². The molecule has 0 aliphatic carbocycles. The Morgan fingerprint density at radius 1 is 1.24 bits per heavy atom. The van der Waals surface area contributed by atoms with E-state index in [0.717, 1.165) is 39.8 Å². The summed E-state index contributed by atoms with van der Waals surface area (Å²) in [7, 11) is 0. The highest BCUT2D eigenvalue weighted by atomic mass is 79.9. The Labute approximate surface area is 133 Å². The summed E-state index contributed by atoms with van der Waals surface area (Å²) in [5.74, 6) is 0.512. The van der Waals surface area contributed by atoms with Crippen molar-refractivity contribution in [2.75, 3.05) is 5.32 Å². The van der Waals surface area contributed by atoms with E-state index in [-0.39, 0.29) is 0 Å². The van der Waals surface area contributed by atoms with Crippen molar-refractivity contribution in [1.82, 2.24) is 10.2 Å². The highest BCUT2D eigenvalue weighted by molar-refractivity contribution is 9.10.